The number of hydrogen-bond donors (Lipinski definition) is 1. The smallest absolute Gasteiger partial charge is 0.239 e. The summed E-state index contributed by atoms with van der Waals surface area (Å²) >= 11 is 0. The Balaban J connectivity index is 1.93. The molecule has 2 heterocycles. The average Bonchev–Trinajstić information content (AvgIpc) is 2.70. The third-order valence-corrected chi connectivity index (χ3v) is 3.89. The second-order valence-electron chi connectivity index (χ2n) is 6.18. The highest BCUT2D eigenvalue weighted by atomic mass is 16.5. The predicted octanol–water partition coefficient (Wildman–Crippen LogP) is 1.54. The maximum absolute atomic E-state index is 12.4. The van der Waals surface area contributed by atoms with Crippen molar-refractivity contribution in [1.29, 1.82) is 0 Å². The Morgan fingerprint density at radius 1 is 1.50 bits per heavy atom. The van der Waals surface area contributed by atoms with Gasteiger partial charge in [0, 0.05) is 25.7 Å². The van der Waals surface area contributed by atoms with Crippen LogP contribution in [0.2, 0.25) is 0 Å². The van der Waals surface area contributed by atoms with Crippen molar-refractivity contribution in [3.8, 4) is 0 Å². The summed E-state index contributed by atoms with van der Waals surface area (Å²) in [6.45, 7) is 8.79. The maximum atomic E-state index is 12.4. The molecule has 0 aromatic rings. The van der Waals surface area contributed by atoms with Gasteiger partial charge in [-0.3, -0.25) is 4.79 Å². The summed E-state index contributed by atoms with van der Waals surface area (Å²) in [6.07, 6.45) is 4.24. The Hall–Kier alpha value is -0.610. The van der Waals surface area contributed by atoms with Crippen molar-refractivity contribution in [3.05, 3.63) is 0 Å². The zero-order valence-electron chi connectivity index (χ0n) is 11.9. The molecule has 0 bridgehead atoms. The molecular formula is C14H26N2O2. The zero-order valence-corrected chi connectivity index (χ0v) is 11.9. The molecule has 0 radical (unpaired) electrons. The van der Waals surface area contributed by atoms with E-state index in [0.29, 0.717) is 6.04 Å². The van der Waals surface area contributed by atoms with Gasteiger partial charge in [0.15, 0.2) is 0 Å². The molecule has 2 atom stereocenters. The van der Waals surface area contributed by atoms with E-state index in [0.717, 1.165) is 45.4 Å². The lowest BCUT2D eigenvalue weighted by atomic mass is 9.98. The van der Waals surface area contributed by atoms with Crippen LogP contribution in [0.4, 0.5) is 0 Å². The normalized spacial score (nSPS) is 33.4. The van der Waals surface area contributed by atoms with E-state index < -0.39 is 0 Å². The Labute approximate surface area is 110 Å². The number of likely N-dealkylation sites (tertiary alicyclic amines) is 1. The molecule has 2 rings (SSSR count). The van der Waals surface area contributed by atoms with Crippen LogP contribution < -0.4 is 5.32 Å². The highest BCUT2D eigenvalue weighted by molar-refractivity contribution is 5.82. The molecule has 0 spiro atoms. The summed E-state index contributed by atoms with van der Waals surface area (Å²) in [4.78, 5) is 14.4. The summed E-state index contributed by atoms with van der Waals surface area (Å²) in [7, 11) is 0. The topological polar surface area (TPSA) is 41.6 Å². The van der Waals surface area contributed by atoms with Gasteiger partial charge in [-0.15, -0.1) is 0 Å². The van der Waals surface area contributed by atoms with E-state index in [4.69, 9.17) is 4.74 Å². The third-order valence-electron chi connectivity index (χ3n) is 3.89. The van der Waals surface area contributed by atoms with Crippen molar-refractivity contribution in [2.45, 2.75) is 64.1 Å². The van der Waals surface area contributed by atoms with Crippen molar-refractivity contribution in [1.82, 2.24) is 10.2 Å². The lowest BCUT2D eigenvalue weighted by Crippen LogP contribution is -2.55. The largest absolute Gasteiger partial charge is 0.373 e. The van der Waals surface area contributed by atoms with Gasteiger partial charge in [-0.2, -0.15) is 0 Å². The molecule has 4 heteroatoms. The summed E-state index contributed by atoms with van der Waals surface area (Å²) in [5, 5.41) is 3.37. The molecule has 104 valence electrons. The van der Waals surface area contributed by atoms with Crippen LogP contribution in [0.25, 0.3) is 0 Å². The summed E-state index contributed by atoms with van der Waals surface area (Å²) in [6, 6.07) is 0.362. The van der Waals surface area contributed by atoms with Gasteiger partial charge < -0.3 is 15.0 Å². The zero-order chi connectivity index (χ0) is 13.2. The van der Waals surface area contributed by atoms with Crippen LogP contribution in [0.1, 0.15) is 46.5 Å². The Kier molecular flexibility index (Phi) is 4.28. The van der Waals surface area contributed by atoms with Gasteiger partial charge in [-0.1, -0.05) is 13.8 Å². The lowest BCUT2D eigenvalue weighted by Gasteiger charge is -2.38. The first kappa shape index (κ1) is 13.8. The molecule has 1 amide bonds. The fourth-order valence-corrected chi connectivity index (χ4v) is 3.02. The summed E-state index contributed by atoms with van der Waals surface area (Å²) < 4.78 is 5.79. The first-order valence-electron chi connectivity index (χ1n) is 7.19. The quantitative estimate of drug-likeness (QED) is 0.827. The van der Waals surface area contributed by atoms with Gasteiger partial charge in [0.05, 0.1) is 11.6 Å². The van der Waals surface area contributed by atoms with Gasteiger partial charge in [0.25, 0.3) is 0 Å². The number of nitrogens with one attached hydrogen (secondary N) is 1. The van der Waals surface area contributed by atoms with Crippen LogP contribution in [0.15, 0.2) is 0 Å². The monoisotopic (exact) mass is 254 g/mol. The number of hydrogen-bond acceptors (Lipinski definition) is 3. The van der Waals surface area contributed by atoms with Crippen LogP contribution in [0, 0.1) is 0 Å². The van der Waals surface area contributed by atoms with Gasteiger partial charge in [-0.25, -0.2) is 0 Å². The Bertz CT molecular complexity index is 298. The molecular weight excluding hydrogens is 228 g/mol. The standard InChI is InChI=1S/C14H26N2O2/c1-11(2)15-12-6-4-8-16(13(12)17)10-14(3)7-5-9-18-14/h11-12,15H,4-10H2,1-3H3. The van der Waals surface area contributed by atoms with Gasteiger partial charge in [0.1, 0.15) is 0 Å². The minimum atomic E-state index is -0.116. The molecule has 2 aliphatic rings. The van der Waals surface area contributed by atoms with Crippen molar-refractivity contribution in [2.24, 2.45) is 0 Å². The van der Waals surface area contributed by atoms with Gasteiger partial charge in [0.2, 0.25) is 5.91 Å². The highest BCUT2D eigenvalue weighted by Crippen LogP contribution is 2.27. The van der Waals surface area contributed by atoms with E-state index in [1.807, 2.05) is 4.90 Å². The number of carbonyl (C=O) groups excluding carboxylic acids is 1. The fourth-order valence-electron chi connectivity index (χ4n) is 3.02. The van der Waals surface area contributed by atoms with Crippen molar-refractivity contribution < 1.29 is 9.53 Å². The molecule has 2 saturated heterocycles. The number of nitrogens with zero attached hydrogens (tertiary/aromatic N) is 1. The van der Waals surface area contributed by atoms with Crippen molar-refractivity contribution in [3.63, 3.8) is 0 Å². The van der Waals surface area contributed by atoms with E-state index in [1.54, 1.807) is 0 Å². The summed E-state index contributed by atoms with van der Waals surface area (Å²) in [5.41, 5.74) is -0.116. The van der Waals surface area contributed by atoms with Crippen LogP contribution >= 0.6 is 0 Å². The van der Waals surface area contributed by atoms with E-state index >= 15 is 0 Å². The molecule has 2 aliphatic heterocycles. The average molecular weight is 254 g/mol. The summed E-state index contributed by atoms with van der Waals surface area (Å²) in [5.74, 6) is 0.256. The lowest BCUT2D eigenvalue weighted by molar-refractivity contribution is -0.140. The van der Waals surface area contributed by atoms with Crippen LogP contribution in [0.5, 0.6) is 0 Å². The van der Waals surface area contributed by atoms with Crippen molar-refractivity contribution >= 4 is 5.91 Å². The number of piperidine rings is 1. The predicted molar refractivity (Wildman–Crippen MR) is 71.5 cm³/mol. The highest BCUT2D eigenvalue weighted by Gasteiger charge is 2.36. The van der Waals surface area contributed by atoms with Crippen LogP contribution in [0.3, 0.4) is 0 Å². The van der Waals surface area contributed by atoms with E-state index in [1.165, 1.54) is 0 Å². The van der Waals surface area contributed by atoms with E-state index in [2.05, 4.69) is 26.1 Å². The molecule has 2 unspecified atom stereocenters. The van der Waals surface area contributed by atoms with Crippen LogP contribution in [-0.4, -0.2) is 48.2 Å². The van der Waals surface area contributed by atoms with Crippen molar-refractivity contribution in [2.75, 3.05) is 19.7 Å². The first-order valence-corrected chi connectivity index (χ1v) is 7.19. The molecule has 0 aromatic carbocycles. The molecule has 1 N–H and O–H groups in total. The molecule has 18 heavy (non-hydrogen) atoms. The SMILES string of the molecule is CC(C)NC1CCCN(CC2(C)CCCO2)C1=O. The molecule has 4 nitrogen and oxygen atoms in total. The maximum Gasteiger partial charge on any atom is 0.239 e. The van der Waals surface area contributed by atoms with Gasteiger partial charge >= 0.3 is 0 Å². The molecule has 0 saturated carbocycles. The van der Waals surface area contributed by atoms with E-state index in [-0.39, 0.29) is 17.6 Å². The molecule has 0 aliphatic carbocycles. The Morgan fingerprint density at radius 3 is 2.89 bits per heavy atom. The minimum Gasteiger partial charge on any atom is -0.373 e. The fraction of sp³-hybridized carbons (Fsp3) is 0.929. The third kappa shape index (κ3) is 3.23. The number of rotatable bonds is 4. The molecule has 0 aromatic heterocycles. The number of ether oxygens (including phenoxy) is 1. The minimum absolute atomic E-state index is 0.00348. The molecule has 2 fully saturated rings. The van der Waals surface area contributed by atoms with Gasteiger partial charge in [-0.05, 0) is 32.6 Å². The van der Waals surface area contributed by atoms with Crippen LogP contribution in [-0.2, 0) is 9.53 Å². The Morgan fingerprint density at radius 2 is 2.28 bits per heavy atom. The second-order valence-corrected chi connectivity index (χ2v) is 6.18. The number of carbonyl (C=O) groups is 1. The number of amides is 1. The second kappa shape index (κ2) is 5.57. The van der Waals surface area contributed by atoms with E-state index in [9.17, 15) is 4.79 Å². The first-order chi connectivity index (χ1) is 8.50.